The van der Waals surface area contributed by atoms with Crippen molar-refractivity contribution < 1.29 is 9.53 Å². The summed E-state index contributed by atoms with van der Waals surface area (Å²) in [6.07, 6.45) is 1.56. The van der Waals surface area contributed by atoms with Gasteiger partial charge in [0.05, 0.1) is 19.1 Å². The van der Waals surface area contributed by atoms with Crippen LogP contribution in [0.2, 0.25) is 5.02 Å². The number of carbonyl (C=O) groups excluding carboxylic acids is 1. The van der Waals surface area contributed by atoms with E-state index in [-0.39, 0.29) is 11.7 Å². The number of thioether (sulfide) groups is 1. The number of hydrogen-bond donors (Lipinski definition) is 1. The third-order valence-corrected chi connectivity index (χ3v) is 5.04. The molecule has 3 aromatic rings. The van der Waals surface area contributed by atoms with Crippen LogP contribution in [0.3, 0.4) is 0 Å². The number of ether oxygens (including phenoxy) is 1. The molecule has 0 saturated heterocycles. The first kappa shape index (κ1) is 19.9. The third kappa shape index (κ3) is 5.11. The van der Waals surface area contributed by atoms with Gasteiger partial charge in [0, 0.05) is 17.6 Å². The number of hydrazone groups is 1. The van der Waals surface area contributed by atoms with Crippen LogP contribution in [0.4, 0.5) is 0 Å². The maximum Gasteiger partial charge on any atom is 0.250 e. The highest BCUT2D eigenvalue weighted by Gasteiger charge is 2.12. The van der Waals surface area contributed by atoms with E-state index >= 15 is 0 Å². The third-order valence-electron chi connectivity index (χ3n) is 3.77. The maximum atomic E-state index is 12.0. The fourth-order valence-corrected chi connectivity index (χ4v) is 3.18. The Labute approximate surface area is 171 Å². The summed E-state index contributed by atoms with van der Waals surface area (Å²) in [5.74, 6) is 1.36. The highest BCUT2D eigenvalue weighted by molar-refractivity contribution is 7.99. The van der Waals surface area contributed by atoms with Crippen molar-refractivity contribution in [2.75, 3.05) is 12.9 Å². The second-order valence-electron chi connectivity index (χ2n) is 5.73. The molecule has 1 amide bonds. The van der Waals surface area contributed by atoms with Gasteiger partial charge < -0.3 is 9.30 Å². The number of benzene rings is 2. The zero-order chi connectivity index (χ0) is 19.9. The van der Waals surface area contributed by atoms with Crippen LogP contribution < -0.4 is 10.2 Å². The molecule has 0 radical (unpaired) electrons. The number of carbonyl (C=O) groups is 1. The molecule has 3 rings (SSSR count). The van der Waals surface area contributed by atoms with Crippen molar-refractivity contribution >= 4 is 35.5 Å². The minimum atomic E-state index is -0.236. The van der Waals surface area contributed by atoms with Gasteiger partial charge in [-0.05, 0) is 42.0 Å². The Morgan fingerprint density at radius 1 is 1.29 bits per heavy atom. The van der Waals surface area contributed by atoms with Crippen molar-refractivity contribution in [3.8, 4) is 17.1 Å². The van der Waals surface area contributed by atoms with Crippen molar-refractivity contribution in [1.29, 1.82) is 0 Å². The molecule has 0 unspecified atom stereocenters. The molecule has 0 aliphatic heterocycles. The Hall–Kier alpha value is -2.84. The molecule has 28 heavy (non-hydrogen) atoms. The van der Waals surface area contributed by atoms with Crippen molar-refractivity contribution in [2.45, 2.75) is 5.16 Å². The van der Waals surface area contributed by atoms with E-state index in [4.69, 9.17) is 16.3 Å². The highest BCUT2D eigenvalue weighted by Crippen LogP contribution is 2.23. The zero-order valence-corrected chi connectivity index (χ0v) is 16.9. The average molecular weight is 416 g/mol. The van der Waals surface area contributed by atoms with Crippen molar-refractivity contribution in [2.24, 2.45) is 12.1 Å². The summed E-state index contributed by atoms with van der Waals surface area (Å²) in [5.41, 5.74) is 4.23. The minimum absolute atomic E-state index is 0.169. The SMILES string of the molecule is COc1cccc(/C=N\NC(=O)CSc2nnc(-c3ccc(Cl)cc3)n2C)c1. The van der Waals surface area contributed by atoms with Gasteiger partial charge in [-0.15, -0.1) is 10.2 Å². The summed E-state index contributed by atoms with van der Waals surface area (Å²) in [6, 6.07) is 14.7. The predicted octanol–water partition coefficient (Wildman–Crippen LogP) is 3.39. The Bertz CT molecular complexity index is 988. The fraction of sp³-hybridized carbons (Fsp3) is 0.158. The molecule has 0 fully saturated rings. The van der Waals surface area contributed by atoms with Gasteiger partial charge in [0.15, 0.2) is 11.0 Å². The first-order chi connectivity index (χ1) is 13.6. The lowest BCUT2D eigenvalue weighted by Gasteiger charge is -2.04. The molecule has 0 spiro atoms. The summed E-state index contributed by atoms with van der Waals surface area (Å²) in [5, 5.41) is 13.6. The van der Waals surface area contributed by atoms with Crippen LogP contribution >= 0.6 is 23.4 Å². The summed E-state index contributed by atoms with van der Waals surface area (Å²) in [6.45, 7) is 0. The normalized spacial score (nSPS) is 11.0. The van der Waals surface area contributed by atoms with Gasteiger partial charge >= 0.3 is 0 Å². The van der Waals surface area contributed by atoms with E-state index in [2.05, 4.69) is 20.7 Å². The number of halogens is 1. The maximum absolute atomic E-state index is 12.0. The van der Waals surface area contributed by atoms with Gasteiger partial charge in [-0.2, -0.15) is 5.10 Å². The highest BCUT2D eigenvalue weighted by atomic mass is 35.5. The van der Waals surface area contributed by atoms with Gasteiger partial charge in [-0.25, -0.2) is 5.43 Å². The number of nitrogens with zero attached hydrogens (tertiary/aromatic N) is 4. The van der Waals surface area contributed by atoms with E-state index in [1.165, 1.54) is 11.8 Å². The molecule has 0 aliphatic carbocycles. The van der Waals surface area contributed by atoms with Crippen molar-refractivity contribution in [3.05, 3.63) is 59.1 Å². The molecular formula is C19H18ClN5O2S. The summed E-state index contributed by atoms with van der Waals surface area (Å²) in [7, 11) is 3.45. The van der Waals surface area contributed by atoms with E-state index < -0.39 is 0 Å². The zero-order valence-electron chi connectivity index (χ0n) is 15.3. The minimum Gasteiger partial charge on any atom is -0.497 e. The molecule has 0 aliphatic rings. The van der Waals surface area contributed by atoms with Gasteiger partial charge in [0.2, 0.25) is 0 Å². The van der Waals surface area contributed by atoms with Crippen LogP contribution in [0, 0.1) is 0 Å². The van der Waals surface area contributed by atoms with Crippen LogP contribution in [0.1, 0.15) is 5.56 Å². The quantitative estimate of drug-likeness (QED) is 0.363. The van der Waals surface area contributed by atoms with E-state index in [1.807, 2.05) is 48.0 Å². The monoisotopic (exact) mass is 415 g/mol. The second-order valence-corrected chi connectivity index (χ2v) is 7.11. The molecule has 1 N–H and O–H groups in total. The molecule has 0 atom stereocenters. The first-order valence-corrected chi connectivity index (χ1v) is 9.67. The first-order valence-electron chi connectivity index (χ1n) is 8.31. The van der Waals surface area contributed by atoms with Gasteiger partial charge in [0.25, 0.3) is 5.91 Å². The predicted molar refractivity (Wildman–Crippen MR) is 111 cm³/mol. The summed E-state index contributed by atoms with van der Waals surface area (Å²) in [4.78, 5) is 12.0. The standard InChI is InChI=1S/C19H18ClN5O2S/c1-25-18(14-6-8-15(20)9-7-14)23-24-19(25)28-12-17(26)22-21-11-13-4-3-5-16(10-13)27-2/h3-11H,12H2,1-2H3,(H,22,26)/b21-11-. The van der Waals surface area contributed by atoms with E-state index in [0.29, 0.717) is 16.0 Å². The molecule has 0 saturated carbocycles. The lowest BCUT2D eigenvalue weighted by atomic mass is 10.2. The Morgan fingerprint density at radius 2 is 2.07 bits per heavy atom. The summed E-state index contributed by atoms with van der Waals surface area (Å²) >= 11 is 7.20. The van der Waals surface area contributed by atoms with Crippen molar-refractivity contribution in [3.63, 3.8) is 0 Å². The Balaban J connectivity index is 1.54. The second kappa shape index (κ2) is 9.38. The van der Waals surface area contributed by atoms with Gasteiger partial charge in [-0.3, -0.25) is 4.79 Å². The molecule has 9 heteroatoms. The molecule has 1 heterocycles. The smallest absolute Gasteiger partial charge is 0.250 e. The molecule has 1 aromatic heterocycles. The lowest BCUT2D eigenvalue weighted by molar-refractivity contribution is -0.118. The Kier molecular flexibility index (Phi) is 6.67. The number of amides is 1. The number of methoxy groups -OCH3 is 1. The van der Waals surface area contributed by atoms with E-state index in [1.54, 1.807) is 25.5 Å². The van der Waals surface area contributed by atoms with Crippen LogP contribution in [-0.2, 0) is 11.8 Å². The molecular weight excluding hydrogens is 398 g/mol. The van der Waals surface area contributed by atoms with Gasteiger partial charge in [-0.1, -0.05) is 35.5 Å². The number of hydrogen-bond acceptors (Lipinski definition) is 6. The largest absolute Gasteiger partial charge is 0.497 e. The van der Waals surface area contributed by atoms with E-state index in [0.717, 1.165) is 16.9 Å². The molecule has 0 bridgehead atoms. The molecule has 7 nitrogen and oxygen atoms in total. The van der Waals surface area contributed by atoms with Crippen LogP contribution in [0.15, 0.2) is 58.8 Å². The Morgan fingerprint density at radius 3 is 2.82 bits per heavy atom. The fourth-order valence-electron chi connectivity index (χ4n) is 2.35. The lowest BCUT2D eigenvalue weighted by Crippen LogP contribution is -2.19. The van der Waals surface area contributed by atoms with Crippen LogP contribution in [0.5, 0.6) is 5.75 Å². The number of rotatable bonds is 7. The molecule has 2 aromatic carbocycles. The van der Waals surface area contributed by atoms with E-state index in [9.17, 15) is 4.79 Å². The van der Waals surface area contributed by atoms with Gasteiger partial charge in [0.1, 0.15) is 5.75 Å². The number of aromatic nitrogens is 3. The average Bonchev–Trinajstić information content (AvgIpc) is 3.07. The van der Waals surface area contributed by atoms with Crippen LogP contribution in [-0.4, -0.2) is 39.7 Å². The number of nitrogens with one attached hydrogen (secondary N) is 1. The summed E-state index contributed by atoms with van der Waals surface area (Å²) < 4.78 is 6.98. The topological polar surface area (TPSA) is 81.4 Å². The van der Waals surface area contributed by atoms with Crippen LogP contribution in [0.25, 0.3) is 11.4 Å². The molecule has 144 valence electrons. The van der Waals surface area contributed by atoms with Crippen molar-refractivity contribution in [1.82, 2.24) is 20.2 Å².